The molecule has 0 saturated carbocycles. The average molecular weight is 375 g/mol. The molecule has 0 aliphatic rings. The smallest absolute Gasteiger partial charge is 0.316 e. The lowest BCUT2D eigenvalue weighted by Gasteiger charge is -2.20. The molecular formula is C22H21N3O3. The van der Waals surface area contributed by atoms with Crippen molar-refractivity contribution in [2.45, 2.75) is 6.04 Å². The second-order valence-corrected chi connectivity index (χ2v) is 6.16. The SMILES string of the molecule is COc1ccc([C@@H](NC(=O)c2ccc(NC(N)=O)cc2)c2ccccc2)cc1. The molecule has 0 aliphatic carbocycles. The minimum Gasteiger partial charge on any atom is -0.497 e. The summed E-state index contributed by atoms with van der Waals surface area (Å²) >= 11 is 0. The summed E-state index contributed by atoms with van der Waals surface area (Å²) in [6, 6.07) is 22.9. The predicted molar refractivity (Wildman–Crippen MR) is 108 cm³/mol. The van der Waals surface area contributed by atoms with E-state index in [0.717, 1.165) is 16.9 Å². The van der Waals surface area contributed by atoms with Crippen LogP contribution in [0, 0.1) is 0 Å². The highest BCUT2D eigenvalue weighted by molar-refractivity contribution is 5.95. The zero-order chi connectivity index (χ0) is 19.9. The third-order valence-corrected chi connectivity index (χ3v) is 4.27. The van der Waals surface area contributed by atoms with Gasteiger partial charge >= 0.3 is 6.03 Å². The van der Waals surface area contributed by atoms with Gasteiger partial charge in [-0.15, -0.1) is 0 Å². The molecule has 0 heterocycles. The highest BCUT2D eigenvalue weighted by Crippen LogP contribution is 2.24. The summed E-state index contributed by atoms with van der Waals surface area (Å²) in [5.41, 5.74) is 8.01. The van der Waals surface area contributed by atoms with Crippen molar-refractivity contribution < 1.29 is 14.3 Å². The van der Waals surface area contributed by atoms with Gasteiger partial charge in [0.05, 0.1) is 13.2 Å². The number of urea groups is 1. The van der Waals surface area contributed by atoms with Crippen LogP contribution >= 0.6 is 0 Å². The van der Waals surface area contributed by atoms with E-state index in [1.807, 2.05) is 54.6 Å². The molecule has 3 aromatic rings. The van der Waals surface area contributed by atoms with Crippen molar-refractivity contribution in [1.29, 1.82) is 0 Å². The zero-order valence-electron chi connectivity index (χ0n) is 15.4. The number of benzene rings is 3. The third kappa shape index (κ3) is 4.67. The van der Waals surface area contributed by atoms with Crippen LogP contribution in [0.5, 0.6) is 5.75 Å². The molecule has 0 saturated heterocycles. The quantitative estimate of drug-likeness (QED) is 0.613. The largest absolute Gasteiger partial charge is 0.497 e. The average Bonchev–Trinajstić information content (AvgIpc) is 2.73. The standard InChI is InChI=1S/C22H21N3O3/c1-28-19-13-9-16(10-14-19)20(15-5-3-2-4-6-15)25-21(26)17-7-11-18(12-8-17)24-22(23)27/h2-14,20H,1H3,(H,25,26)(H3,23,24,27)/t20-/m0/s1. The Labute approximate surface area is 163 Å². The number of methoxy groups -OCH3 is 1. The van der Waals surface area contributed by atoms with Crippen LogP contribution in [0.1, 0.15) is 27.5 Å². The molecule has 142 valence electrons. The third-order valence-electron chi connectivity index (χ3n) is 4.27. The highest BCUT2D eigenvalue weighted by Gasteiger charge is 2.18. The number of nitrogens with two attached hydrogens (primary N) is 1. The van der Waals surface area contributed by atoms with E-state index in [0.29, 0.717) is 11.3 Å². The van der Waals surface area contributed by atoms with Gasteiger partial charge in [0.15, 0.2) is 0 Å². The Balaban J connectivity index is 1.84. The van der Waals surface area contributed by atoms with Crippen molar-refractivity contribution in [2.24, 2.45) is 5.73 Å². The van der Waals surface area contributed by atoms with Crippen LogP contribution in [0.15, 0.2) is 78.9 Å². The van der Waals surface area contributed by atoms with Gasteiger partial charge in [-0.1, -0.05) is 42.5 Å². The first-order chi connectivity index (χ1) is 13.6. The summed E-state index contributed by atoms with van der Waals surface area (Å²) in [4.78, 5) is 23.7. The fourth-order valence-electron chi connectivity index (χ4n) is 2.86. The lowest BCUT2D eigenvalue weighted by atomic mass is 9.98. The van der Waals surface area contributed by atoms with E-state index in [1.54, 1.807) is 31.4 Å². The van der Waals surface area contributed by atoms with Crippen molar-refractivity contribution in [2.75, 3.05) is 12.4 Å². The van der Waals surface area contributed by atoms with Gasteiger partial charge in [-0.25, -0.2) is 4.79 Å². The molecule has 0 radical (unpaired) electrons. The second kappa shape index (κ2) is 8.73. The Kier molecular flexibility index (Phi) is 5.91. The number of ether oxygens (including phenoxy) is 1. The maximum atomic E-state index is 12.8. The van der Waals surface area contributed by atoms with E-state index in [1.165, 1.54) is 0 Å². The lowest BCUT2D eigenvalue weighted by molar-refractivity contribution is 0.0943. The van der Waals surface area contributed by atoms with Crippen LogP contribution in [0.2, 0.25) is 0 Å². The molecule has 0 bridgehead atoms. The molecule has 6 nitrogen and oxygen atoms in total. The highest BCUT2D eigenvalue weighted by atomic mass is 16.5. The van der Waals surface area contributed by atoms with Crippen molar-refractivity contribution >= 4 is 17.6 Å². The molecule has 0 aliphatic heterocycles. The van der Waals surface area contributed by atoms with Gasteiger partial charge < -0.3 is 21.1 Å². The molecule has 0 unspecified atom stereocenters. The lowest BCUT2D eigenvalue weighted by Crippen LogP contribution is -2.29. The monoisotopic (exact) mass is 375 g/mol. The number of hydrogen-bond donors (Lipinski definition) is 3. The van der Waals surface area contributed by atoms with Crippen LogP contribution < -0.4 is 21.1 Å². The number of carbonyl (C=O) groups excluding carboxylic acids is 2. The summed E-state index contributed by atoms with van der Waals surface area (Å²) in [5.74, 6) is 0.523. The first kappa shape index (κ1) is 19.0. The minimum atomic E-state index is -0.652. The number of anilines is 1. The molecule has 0 spiro atoms. The molecule has 3 aromatic carbocycles. The number of rotatable bonds is 6. The van der Waals surface area contributed by atoms with Crippen molar-refractivity contribution in [1.82, 2.24) is 5.32 Å². The van der Waals surface area contributed by atoms with Gasteiger partial charge in [-0.2, -0.15) is 0 Å². The van der Waals surface area contributed by atoms with E-state index in [9.17, 15) is 9.59 Å². The van der Waals surface area contributed by atoms with E-state index >= 15 is 0 Å². The second-order valence-electron chi connectivity index (χ2n) is 6.16. The Morgan fingerprint density at radius 3 is 2.04 bits per heavy atom. The topological polar surface area (TPSA) is 93.4 Å². The maximum absolute atomic E-state index is 12.8. The van der Waals surface area contributed by atoms with Crippen molar-refractivity contribution in [3.8, 4) is 5.75 Å². The number of amides is 3. The van der Waals surface area contributed by atoms with Crippen LogP contribution in [0.25, 0.3) is 0 Å². The van der Waals surface area contributed by atoms with Crippen LogP contribution in [-0.2, 0) is 0 Å². The number of hydrogen-bond acceptors (Lipinski definition) is 3. The van der Waals surface area contributed by atoms with Gasteiger partial charge in [-0.05, 0) is 47.5 Å². The molecule has 3 amide bonds. The summed E-state index contributed by atoms with van der Waals surface area (Å²) in [6.45, 7) is 0. The number of carbonyl (C=O) groups is 2. The van der Waals surface area contributed by atoms with Gasteiger partial charge in [0.25, 0.3) is 5.91 Å². The first-order valence-corrected chi connectivity index (χ1v) is 8.73. The molecule has 0 fully saturated rings. The molecule has 4 N–H and O–H groups in total. The molecule has 3 rings (SSSR count). The number of nitrogens with one attached hydrogen (secondary N) is 2. The van der Waals surface area contributed by atoms with Gasteiger partial charge in [0, 0.05) is 11.3 Å². The Bertz CT molecular complexity index is 939. The van der Waals surface area contributed by atoms with E-state index < -0.39 is 6.03 Å². The summed E-state index contributed by atoms with van der Waals surface area (Å²) in [6.07, 6.45) is 0. The Morgan fingerprint density at radius 1 is 0.857 bits per heavy atom. The van der Waals surface area contributed by atoms with Crippen molar-refractivity contribution in [3.05, 3.63) is 95.6 Å². The summed E-state index contributed by atoms with van der Waals surface area (Å²) < 4.78 is 5.22. The minimum absolute atomic E-state index is 0.227. The van der Waals surface area contributed by atoms with Crippen LogP contribution in [0.4, 0.5) is 10.5 Å². The van der Waals surface area contributed by atoms with Crippen molar-refractivity contribution in [3.63, 3.8) is 0 Å². The fourth-order valence-corrected chi connectivity index (χ4v) is 2.86. The number of primary amides is 1. The Morgan fingerprint density at radius 2 is 1.46 bits per heavy atom. The van der Waals surface area contributed by atoms with E-state index in [2.05, 4.69) is 10.6 Å². The first-order valence-electron chi connectivity index (χ1n) is 8.73. The van der Waals surface area contributed by atoms with Gasteiger partial charge in [0.1, 0.15) is 5.75 Å². The van der Waals surface area contributed by atoms with Crippen LogP contribution in [0.3, 0.4) is 0 Å². The molecule has 1 atom stereocenters. The van der Waals surface area contributed by atoms with Crippen LogP contribution in [-0.4, -0.2) is 19.0 Å². The van der Waals surface area contributed by atoms with E-state index in [4.69, 9.17) is 10.5 Å². The molecule has 0 aromatic heterocycles. The van der Waals surface area contributed by atoms with Gasteiger partial charge in [-0.3, -0.25) is 4.79 Å². The zero-order valence-corrected chi connectivity index (χ0v) is 15.4. The fraction of sp³-hybridized carbons (Fsp3) is 0.0909. The van der Waals surface area contributed by atoms with E-state index in [-0.39, 0.29) is 11.9 Å². The Hall–Kier alpha value is -3.80. The van der Waals surface area contributed by atoms with Gasteiger partial charge in [0.2, 0.25) is 0 Å². The normalized spacial score (nSPS) is 11.3. The molecular weight excluding hydrogens is 354 g/mol. The summed E-state index contributed by atoms with van der Waals surface area (Å²) in [5, 5.41) is 5.54. The maximum Gasteiger partial charge on any atom is 0.316 e. The summed E-state index contributed by atoms with van der Waals surface area (Å²) in [7, 11) is 1.61. The molecule has 28 heavy (non-hydrogen) atoms. The molecule has 6 heteroatoms. The predicted octanol–water partition coefficient (Wildman–Crippen LogP) is 3.71.